The minimum absolute atomic E-state index is 0.196. The lowest BCUT2D eigenvalue weighted by Crippen LogP contribution is -2.56. The van der Waals surface area contributed by atoms with Gasteiger partial charge in [-0.05, 0) is 30.7 Å². The number of aliphatic hydroxyl groups is 4. The fourth-order valence-electron chi connectivity index (χ4n) is 3.89. The molecule has 0 bridgehead atoms. The van der Waals surface area contributed by atoms with Gasteiger partial charge in [0.1, 0.15) is 41.8 Å². The van der Waals surface area contributed by atoms with Gasteiger partial charge in [-0.1, -0.05) is 17.8 Å². The van der Waals surface area contributed by atoms with E-state index in [4.69, 9.17) is 9.47 Å². The molecule has 7 nitrogen and oxygen atoms in total. The molecule has 3 aromatic rings. The third kappa shape index (κ3) is 3.87. The van der Waals surface area contributed by atoms with Crippen molar-refractivity contribution in [2.45, 2.75) is 47.4 Å². The van der Waals surface area contributed by atoms with E-state index in [-0.39, 0.29) is 10.3 Å². The van der Waals surface area contributed by atoms with E-state index in [2.05, 4.69) is 0 Å². The third-order valence-corrected chi connectivity index (χ3v) is 6.67. The molecule has 4 rings (SSSR count). The summed E-state index contributed by atoms with van der Waals surface area (Å²) in [6.07, 6.45) is -5.51. The molecule has 1 aliphatic heterocycles. The molecule has 2 heterocycles. The fraction of sp³-hybridized carbons (Fsp3) is 0.364. The first-order chi connectivity index (χ1) is 15.3. The summed E-state index contributed by atoms with van der Waals surface area (Å²) in [6.45, 7) is 1.15. The first-order valence-electron chi connectivity index (χ1n) is 9.88. The van der Waals surface area contributed by atoms with Gasteiger partial charge in [0.05, 0.1) is 19.2 Å². The van der Waals surface area contributed by atoms with Crippen LogP contribution in [0.25, 0.3) is 10.9 Å². The van der Waals surface area contributed by atoms with Gasteiger partial charge < -0.3 is 34.5 Å². The normalized spacial score (nSPS) is 25.9. The molecule has 0 amide bonds. The van der Waals surface area contributed by atoms with Crippen molar-refractivity contribution in [1.82, 2.24) is 4.57 Å². The zero-order valence-electron chi connectivity index (χ0n) is 17.3. The molecule has 172 valence electrons. The van der Waals surface area contributed by atoms with Crippen LogP contribution in [0.5, 0.6) is 5.75 Å². The summed E-state index contributed by atoms with van der Waals surface area (Å²) in [5.74, 6) is -0.751. The maximum absolute atomic E-state index is 14.9. The number of hydrogen-bond donors (Lipinski definition) is 4. The van der Waals surface area contributed by atoms with Crippen LogP contribution in [-0.2, 0) is 4.74 Å². The van der Waals surface area contributed by atoms with Gasteiger partial charge in [-0.15, -0.1) is 0 Å². The predicted octanol–water partition coefficient (Wildman–Crippen LogP) is 2.36. The van der Waals surface area contributed by atoms with Crippen LogP contribution in [0.4, 0.5) is 8.78 Å². The van der Waals surface area contributed by atoms with Crippen LogP contribution in [0.2, 0.25) is 0 Å². The van der Waals surface area contributed by atoms with Gasteiger partial charge in [-0.25, -0.2) is 8.78 Å². The van der Waals surface area contributed by atoms with E-state index in [0.29, 0.717) is 21.7 Å². The molecule has 4 N–H and O–H groups in total. The first kappa shape index (κ1) is 23.0. The zero-order valence-corrected chi connectivity index (χ0v) is 18.1. The summed E-state index contributed by atoms with van der Waals surface area (Å²) in [6, 6.07) is 7.18. The lowest BCUT2D eigenvalue weighted by molar-refractivity contribution is -0.250. The van der Waals surface area contributed by atoms with Crippen LogP contribution < -0.4 is 4.74 Å². The maximum atomic E-state index is 14.9. The van der Waals surface area contributed by atoms with E-state index in [1.165, 1.54) is 36.1 Å². The Hall–Kier alpha value is -2.21. The van der Waals surface area contributed by atoms with Crippen molar-refractivity contribution in [2.75, 3.05) is 13.7 Å². The Bertz CT molecular complexity index is 1140. The summed E-state index contributed by atoms with van der Waals surface area (Å²) < 4.78 is 41.6. The molecule has 5 atom stereocenters. The maximum Gasteiger partial charge on any atom is 0.163 e. The molecule has 0 radical (unpaired) electrons. The smallest absolute Gasteiger partial charge is 0.163 e. The molecule has 32 heavy (non-hydrogen) atoms. The third-order valence-electron chi connectivity index (χ3n) is 5.59. The molecule has 0 saturated carbocycles. The van der Waals surface area contributed by atoms with Crippen molar-refractivity contribution >= 4 is 22.7 Å². The highest BCUT2D eigenvalue weighted by molar-refractivity contribution is 7.99. The number of halogens is 2. The number of benzene rings is 2. The second kappa shape index (κ2) is 8.97. The lowest BCUT2D eigenvalue weighted by atomic mass is 9.98. The van der Waals surface area contributed by atoms with Gasteiger partial charge in [0, 0.05) is 27.4 Å². The lowest BCUT2D eigenvalue weighted by Gasteiger charge is -2.40. The minimum atomic E-state index is -1.59. The Morgan fingerprint density at radius 2 is 1.78 bits per heavy atom. The Kier molecular flexibility index (Phi) is 6.44. The van der Waals surface area contributed by atoms with Gasteiger partial charge in [0.25, 0.3) is 0 Å². The number of rotatable bonds is 5. The molecule has 1 aromatic heterocycles. The largest absolute Gasteiger partial charge is 0.497 e. The second-order valence-corrected chi connectivity index (χ2v) is 8.69. The molecule has 2 aromatic carbocycles. The van der Waals surface area contributed by atoms with Crippen molar-refractivity contribution in [1.29, 1.82) is 0 Å². The zero-order chi connectivity index (χ0) is 23.2. The van der Waals surface area contributed by atoms with Crippen molar-refractivity contribution < 1.29 is 38.7 Å². The van der Waals surface area contributed by atoms with Gasteiger partial charge in [-0.3, -0.25) is 0 Å². The molecule has 1 fully saturated rings. The van der Waals surface area contributed by atoms with Crippen LogP contribution in [-0.4, -0.2) is 63.1 Å². The van der Waals surface area contributed by atoms with Crippen molar-refractivity contribution in [3.05, 3.63) is 53.7 Å². The number of aryl methyl sites for hydroxylation is 1. The molecular weight excluding hydrogens is 444 g/mol. The molecule has 0 unspecified atom stereocenters. The van der Waals surface area contributed by atoms with E-state index >= 15 is 0 Å². The summed E-state index contributed by atoms with van der Waals surface area (Å²) in [5.41, 5.74) is 1.03. The highest BCUT2D eigenvalue weighted by atomic mass is 32.2. The molecule has 0 aliphatic carbocycles. The number of methoxy groups -OCH3 is 1. The number of nitrogens with zero attached hydrogens (tertiary/aromatic N) is 1. The molecule has 10 heteroatoms. The summed E-state index contributed by atoms with van der Waals surface area (Å²) in [5, 5.41) is 40.6. The van der Waals surface area contributed by atoms with Crippen LogP contribution in [0.15, 0.2) is 46.3 Å². The number of ether oxygens (including phenoxy) is 2. The van der Waals surface area contributed by atoms with Crippen LogP contribution in [0.1, 0.15) is 11.8 Å². The Morgan fingerprint density at radius 1 is 1.03 bits per heavy atom. The minimum Gasteiger partial charge on any atom is -0.497 e. The van der Waals surface area contributed by atoms with E-state index in [1.54, 1.807) is 19.1 Å². The monoisotopic (exact) mass is 467 g/mol. The topological polar surface area (TPSA) is 104 Å². The van der Waals surface area contributed by atoms with Crippen molar-refractivity contribution in [3.8, 4) is 5.75 Å². The van der Waals surface area contributed by atoms with Gasteiger partial charge in [0.2, 0.25) is 0 Å². The fourth-order valence-corrected chi connectivity index (χ4v) is 4.88. The molecular formula is C22H23F2NO6S. The summed E-state index contributed by atoms with van der Waals surface area (Å²) in [7, 11) is 1.42. The SMILES string of the molecule is COc1ccc(Sc2cn([C@@H]3O[C@H](CO)[C@@H](O)[C@H](O)[C@H]3O)c3c(C)ccc(F)c23)c(F)c1. The Balaban J connectivity index is 1.84. The van der Waals surface area contributed by atoms with Crippen LogP contribution >= 0.6 is 11.8 Å². The number of fused-ring (bicyclic) bond motifs is 1. The van der Waals surface area contributed by atoms with E-state index in [0.717, 1.165) is 11.8 Å². The number of aromatic nitrogens is 1. The Morgan fingerprint density at radius 3 is 2.44 bits per heavy atom. The predicted molar refractivity (Wildman–Crippen MR) is 113 cm³/mol. The average molecular weight is 467 g/mol. The van der Waals surface area contributed by atoms with Crippen molar-refractivity contribution in [3.63, 3.8) is 0 Å². The molecule has 1 aliphatic rings. The van der Waals surface area contributed by atoms with Crippen molar-refractivity contribution in [2.24, 2.45) is 0 Å². The highest BCUT2D eigenvalue weighted by Gasteiger charge is 2.44. The average Bonchev–Trinajstić information content (AvgIpc) is 3.16. The van der Waals surface area contributed by atoms with E-state index in [1.807, 2.05) is 0 Å². The summed E-state index contributed by atoms with van der Waals surface area (Å²) in [4.78, 5) is 0.599. The molecule has 1 saturated heterocycles. The summed E-state index contributed by atoms with van der Waals surface area (Å²) >= 11 is 0.990. The van der Waals surface area contributed by atoms with E-state index in [9.17, 15) is 29.2 Å². The van der Waals surface area contributed by atoms with E-state index < -0.39 is 48.9 Å². The first-order valence-corrected chi connectivity index (χ1v) is 10.7. The van der Waals surface area contributed by atoms with Crippen LogP contribution in [0, 0.1) is 18.6 Å². The number of aliphatic hydroxyl groups excluding tert-OH is 4. The molecule has 0 spiro atoms. The van der Waals surface area contributed by atoms with Gasteiger partial charge in [-0.2, -0.15) is 0 Å². The standard InChI is InChI=1S/C22H23F2NO6S/c1-10-3-5-12(23)17-16(32-15-6-4-11(30-2)7-13(15)24)8-25(18(10)17)22-21(29)20(28)19(27)14(9-26)31-22/h3-8,14,19-22,26-29H,9H2,1-2H3/t14-,19-,20+,21-,22-/m1/s1. The number of hydrogen-bond acceptors (Lipinski definition) is 7. The van der Waals surface area contributed by atoms with Gasteiger partial charge in [0.15, 0.2) is 6.23 Å². The van der Waals surface area contributed by atoms with Crippen LogP contribution in [0.3, 0.4) is 0 Å². The highest BCUT2D eigenvalue weighted by Crippen LogP contribution is 2.42. The quantitative estimate of drug-likeness (QED) is 0.457. The Labute approximate surface area is 186 Å². The van der Waals surface area contributed by atoms with Gasteiger partial charge >= 0.3 is 0 Å². The second-order valence-electron chi connectivity index (χ2n) is 7.61.